The first-order chi connectivity index (χ1) is 7.24. The van der Waals surface area contributed by atoms with Crippen molar-refractivity contribution in [3.63, 3.8) is 0 Å². The molecule has 0 radical (unpaired) electrons. The van der Waals surface area contributed by atoms with Gasteiger partial charge in [-0.3, -0.25) is 0 Å². The van der Waals surface area contributed by atoms with Gasteiger partial charge in [0.05, 0.1) is 6.54 Å². The molecule has 0 rings (SSSR count). The van der Waals surface area contributed by atoms with Crippen LogP contribution in [0.4, 0.5) is 4.79 Å². The maximum absolute atomic E-state index is 11.2. The van der Waals surface area contributed by atoms with Crippen LogP contribution in [-0.2, 0) is 9.47 Å². The molecule has 0 atom stereocenters. The molecule has 0 saturated carbocycles. The van der Waals surface area contributed by atoms with Gasteiger partial charge in [0.2, 0.25) is 0 Å². The molecule has 0 fully saturated rings. The zero-order valence-electron chi connectivity index (χ0n) is 9.84. The molecule has 5 nitrogen and oxygen atoms in total. The zero-order chi connectivity index (χ0) is 11.5. The van der Waals surface area contributed by atoms with Gasteiger partial charge < -0.3 is 20.1 Å². The van der Waals surface area contributed by atoms with Crippen LogP contribution in [0.1, 0.15) is 27.2 Å². The smallest absolute Gasteiger partial charge is 0.314 e. The Bertz CT molecular complexity index is 159. The summed E-state index contributed by atoms with van der Waals surface area (Å²) in [7, 11) is 0. The van der Waals surface area contributed by atoms with Crippen molar-refractivity contribution in [1.29, 1.82) is 0 Å². The van der Waals surface area contributed by atoms with E-state index in [2.05, 4.69) is 10.6 Å². The molecule has 5 heteroatoms. The third-order valence-electron chi connectivity index (χ3n) is 1.67. The average molecular weight is 218 g/mol. The number of carbonyl (C=O) groups excluding carboxylic acids is 1. The SMILES string of the molecule is CCCNC(=O)NCC(OCC)OCC. The molecule has 2 amide bonds. The van der Waals surface area contributed by atoms with Crippen LogP contribution < -0.4 is 10.6 Å². The maximum Gasteiger partial charge on any atom is 0.314 e. The summed E-state index contributed by atoms with van der Waals surface area (Å²) in [4.78, 5) is 11.2. The van der Waals surface area contributed by atoms with E-state index in [9.17, 15) is 4.79 Å². The van der Waals surface area contributed by atoms with E-state index in [1.165, 1.54) is 0 Å². The van der Waals surface area contributed by atoms with Crippen molar-refractivity contribution in [1.82, 2.24) is 10.6 Å². The summed E-state index contributed by atoms with van der Waals surface area (Å²) in [6, 6.07) is -0.179. The molecule has 0 spiro atoms. The van der Waals surface area contributed by atoms with E-state index in [1.807, 2.05) is 20.8 Å². The second-order valence-electron chi connectivity index (χ2n) is 2.98. The Morgan fingerprint density at radius 2 is 1.73 bits per heavy atom. The van der Waals surface area contributed by atoms with Crippen LogP contribution in [0.2, 0.25) is 0 Å². The lowest BCUT2D eigenvalue weighted by atomic mass is 10.5. The van der Waals surface area contributed by atoms with Crippen molar-refractivity contribution in [2.24, 2.45) is 0 Å². The van der Waals surface area contributed by atoms with Gasteiger partial charge in [0, 0.05) is 19.8 Å². The van der Waals surface area contributed by atoms with Crippen LogP contribution in [0.5, 0.6) is 0 Å². The quantitative estimate of drug-likeness (QED) is 0.600. The van der Waals surface area contributed by atoms with Crippen LogP contribution in [-0.4, -0.2) is 38.6 Å². The minimum Gasteiger partial charge on any atom is -0.351 e. The Balaban J connectivity index is 3.62. The Hall–Kier alpha value is -0.810. The largest absolute Gasteiger partial charge is 0.351 e. The third-order valence-corrected chi connectivity index (χ3v) is 1.67. The molecular formula is C10H22N2O3. The predicted molar refractivity (Wildman–Crippen MR) is 58.7 cm³/mol. The van der Waals surface area contributed by atoms with E-state index in [0.717, 1.165) is 6.42 Å². The number of rotatable bonds is 8. The van der Waals surface area contributed by atoms with E-state index in [0.29, 0.717) is 26.3 Å². The van der Waals surface area contributed by atoms with Gasteiger partial charge >= 0.3 is 6.03 Å². The number of nitrogens with one attached hydrogen (secondary N) is 2. The summed E-state index contributed by atoms with van der Waals surface area (Å²) < 4.78 is 10.5. The third kappa shape index (κ3) is 8.20. The predicted octanol–water partition coefficient (Wildman–Crippen LogP) is 1.09. The fourth-order valence-corrected chi connectivity index (χ4v) is 1.01. The molecule has 0 bridgehead atoms. The molecular weight excluding hydrogens is 196 g/mol. The fourth-order valence-electron chi connectivity index (χ4n) is 1.01. The molecule has 0 aromatic carbocycles. The van der Waals surface area contributed by atoms with E-state index >= 15 is 0 Å². The van der Waals surface area contributed by atoms with Crippen molar-refractivity contribution in [3.05, 3.63) is 0 Å². The minimum atomic E-state index is -0.354. The number of hydrogen-bond donors (Lipinski definition) is 2. The zero-order valence-corrected chi connectivity index (χ0v) is 9.84. The van der Waals surface area contributed by atoms with Crippen LogP contribution in [0, 0.1) is 0 Å². The molecule has 15 heavy (non-hydrogen) atoms. The van der Waals surface area contributed by atoms with Crippen molar-refractivity contribution in [2.75, 3.05) is 26.3 Å². The second kappa shape index (κ2) is 9.73. The molecule has 0 aromatic heterocycles. The van der Waals surface area contributed by atoms with E-state index in [4.69, 9.17) is 9.47 Å². The Labute approximate surface area is 91.5 Å². The second-order valence-corrected chi connectivity index (χ2v) is 2.98. The van der Waals surface area contributed by atoms with Crippen molar-refractivity contribution in [2.45, 2.75) is 33.5 Å². The first-order valence-corrected chi connectivity index (χ1v) is 5.49. The standard InChI is InChI=1S/C10H22N2O3/c1-4-7-11-10(13)12-8-9(14-5-2)15-6-3/h9H,4-8H2,1-3H3,(H2,11,12,13). The van der Waals surface area contributed by atoms with Gasteiger partial charge in [0.1, 0.15) is 0 Å². The van der Waals surface area contributed by atoms with E-state index < -0.39 is 0 Å². The Morgan fingerprint density at radius 1 is 1.13 bits per heavy atom. The summed E-state index contributed by atoms with van der Waals surface area (Å²) in [5.41, 5.74) is 0. The topological polar surface area (TPSA) is 59.6 Å². The van der Waals surface area contributed by atoms with Gasteiger partial charge in [0.15, 0.2) is 6.29 Å². The van der Waals surface area contributed by atoms with Crippen LogP contribution in [0.15, 0.2) is 0 Å². The molecule has 0 aromatic rings. The molecule has 2 N–H and O–H groups in total. The monoisotopic (exact) mass is 218 g/mol. The van der Waals surface area contributed by atoms with Gasteiger partial charge in [0.25, 0.3) is 0 Å². The minimum absolute atomic E-state index is 0.179. The first-order valence-electron chi connectivity index (χ1n) is 5.49. The first kappa shape index (κ1) is 14.2. The van der Waals surface area contributed by atoms with E-state index in [-0.39, 0.29) is 12.3 Å². The number of carbonyl (C=O) groups is 1. The van der Waals surface area contributed by atoms with Crippen LogP contribution >= 0.6 is 0 Å². The van der Waals surface area contributed by atoms with Crippen molar-refractivity contribution < 1.29 is 14.3 Å². The average Bonchev–Trinajstić information content (AvgIpc) is 2.23. The molecule has 0 unspecified atom stereocenters. The lowest BCUT2D eigenvalue weighted by Crippen LogP contribution is -2.41. The molecule has 0 aliphatic rings. The maximum atomic E-state index is 11.2. The highest BCUT2D eigenvalue weighted by Crippen LogP contribution is 1.92. The summed E-state index contributed by atoms with van der Waals surface area (Å²) >= 11 is 0. The number of urea groups is 1. The molecule has 90 valence electrons. The lowest BCUT2D eigenvalue weighted by Gasteiger charge is -2.17. The van der Waals surface area contributed by atoms with Gasteiger partial charge in [-0.25, -0.2) is 4.79 Å². The molecule has 0 aliphatic carbocycles. The Morgan fingerprint density at radius 3 is 2.20 bits per heavy atom. The van der Waals surface area contributed by atoms with Crippen LogP contribution in [0.3, 0.4) is 0 Å². The number of hydrogen-bond acceptors (Lipinski definition) is 3. The van der Waals surface area contributed by atoms with Gasteiger partial charge in [-0.15, -0.1) is 0 Å². The summed E-state index contributed by atoms with van der Waals surface area (Å²) in [5.74, 6) is 0. The number of amides is 2. The highest BCUT2D eigenvalue weighted by atomic mass is 16.7. The van der Waals surface area contributed by atoms with Crippen LogP contribution in [0.25, 0.3) is 0 Å². The fraction of sp³-hybridized carbons (Fsp3) is 0.900. The highest BCUT2D eigenvalue weighted by molar-refractivity contribution is 5.73. The van der Waals surface area contributed by atoms with Gasteiger partial charge in [-0.1, -0.05) is 6.92 Å². The van der Waals surface area contributed by atoms with Gasteiger partial charge in [-0.2, -0.15) is 0 Å². The van der Waals surface area contributed by atoms with Gasteiger partial charge in [-0.05, 0) is 20.3 Å². The van der Waals surface area contributed by atoms with E-state index in [1.54, 1.807) is 0 Å². The highest BCUT2D eigenvalue weighted by Gasteiger charge is 2.08. The van der Waals surface area contributed by atoms with Crippen molar-refractivity contribution in [3.8, 4) is 0 Å². The lowest BCUT2D eigenvalue weighted by molar-refractivity contribution is -0.131. The summed E-state index contributed by atoms with van der Waals surface area (Å²) in [5, 5.41) is 5.40. The molecule has 0 heterocycles. The molecule has 0 aliphatic heterocycles. The summed E-state index contributed by atoms with van der Waals surface area (Å²) in [6.07, 6.45) is 0.570. The number of ether oxygens (including phenoxy) is 2. The Kier molecular flexibility index (Phi) is 9.21. The normalized spacial score (nSPS) is 10.4. The summed E-state index contributed by atoms with van der Waals surface area (Å²) in [6.45, 7) is 7.98. The molecule has 0 saturated heterocycles. The van der Waals surface area contributed by atoms with Crippen molar-refractivity contribution >= 4 is 6.03 Å².